The maximum Gasteiger partial charge on any atom is 0.340 e. The van der Waals surface area contributed by atoms with Crippen LogP contribution in [0.15, 0.2) is 24.3 Å². The van der Waals surface area contributed by atoms with E-state index in [0.717, 1.165) is 36.4 Å². The summed E-state index contributed by atoms with van der Waals surface area (Å²) in [7, 11) is 1.45. The fraction of sp³-hybridized carbons (Fsp3) is 0.571. The number of ether oxygens (including phenoxy) is 2. The molecule has 2 fully saturated rings. The van der Waals surface area contributed by atoms with E-state index >= 15 is 0 Å². The summed E-state index contributed by atoms with van der Waals surface area (Å²) in [6.45, 7) is 4.74. The second-order valence-corrected chi connectivity index (χ2v) is 7.70. The van der Waals surface area contributed by atoms with Gasteiger partial charge in [-0.2, -0.15) is 0 Å². The summed E-state index contributed by atoms with van der Waals surface area (Å²) in [5.41, 5.74) is 2.87. The van der Waals surface area contributed by atoms with Gasteiger partial charge in [0.1, 0.15) is 0 Å². The molecule has 1 aromatic heterocycles. The predicted molar refractivity (Wildman–Crippen MR) is 102 cm³/mol. The van der Waals surface area contributed by atoms with Gasteiger partial charge in [0.15, 0.2) is 0 Å². The number of para-hydroxylation sites is 1. The minimum Gasteiger partial charge on any atom is -0.465 e. The standard InChI is InChI=1S/C21H28N2O3/c1-14-20(21(24)25-2)18-5-3-4-6-19(18)23(14)11-15-7-9-16(10-8-15)22-17-12-26-13-17/h3-6,15-17,22H,7-13H2,1-2H3. The van der Waals surface area contributed by atoms with E-state index in [9.17, 15) is 4.79 Å². The molecule has 26 heavy (non-hydrogen) atoms. The lowest BCUT2D eigenvalue weighted by atomic mass is 9.85. The number of esters is 1. The highest BCUT2D eigenvalue weighted by molar-refractivity contribution is 6.05. The Balaban J connectivity index is 1.49. The molecule has 5 nitrogen and oxygen atoms in total. The van der Waals surface area contributed by atoms with Crippen LogP contribution in [-0.4, -0.2) is 42.9 Å². The second-order valence-electron chi connectivity index (χ2n) is 7.70. The summed E-state index contributed by atoms with van der Waals surface area (Å²) in [5, 5.41) is 4.71. The quantitative estimate of drug-likeness (QED) is 0.836. The summed E-state index contributed by atoms with van der Waals surface area (Å²) in [4.78, 5) is 12.3. The molecule has 0 unspecified atom stereocenters. The minimum absolute atomic E-state index is 0.243. The molecule has 2 heterocycles. The monoisotopic (exact) mass is 356 g/mol. The molecule has 0 amide bonds. The Kier molecular flexibility index (Phi) is 5.00. The van der Waals surface area contributed by atoms with Gasteiger partial charge in [-0.25, -0.2) is 4.79 Å². The lowest BCUT2D eigenvalue weighted by molar-refractivity contribution is -0.0128. The average molecular weight is 356 g/mol. The van der Waals surface area contributed by atoms with Gasteiger partial charge in [-0.05, 0) is 44.6 Å². The number of carbonyl (C=O) groups excluding carboxylic acids is 1. The maximum absolute atomic E-state index is 12.3. The first-order valence-corrected chi connectivity index (χ1v) is 9.67. The van der Waals surface area contributed by atoms with Crippen molar-refractivity contribution in [2.75, 3.05) is 20.3 Å². The van der Waals surface area contributed by atoms with E-state index in [-0.39, 0.29) is 5.97 Å². The average Bonchev–Trinajstić information content (AvgIpc) is 2.91. The van der Waals surface area contributed by atoms with Crippen LogP contribution in [0.1, 0.15) is 41.7 Å². The normalized spacial score (nSPS) is 23.8. The number of nitrogens with zero attached hydrogens (tertiary/aromatic N) is 1. The summed E-state index contributed by atoms with van der Waals surface area (Å²) in [6.07, 6.45) is 4.90. The largest absolute Gasteiger partial charge is 0.465 e. The molecule has 140 valence electrons. The van der Waals surface area contributed by atoms with Crippen molar-refractivity contribution < 1.29 is 14.3 Å². The first-order chi connectivity index (χ1) is 12.7. The van der Waals surface area contributed by atoms with Gasteiger partial charge in [-0.3, -0.25) is 0 Å². The van der Waals surface area contributed by atoms with Crippen molar-refractivity contribution in [1.82, 2.24) is 9.88 Å². The smallest absolute Gasteiger partial charge is 0.340 e. The molecule has 1 saturated carbocycles. The highest BCUT2D eigenvalue weighted by Crippen LogP contribution is 2.31. The van der Waals surface area contributed by atoms with E-state index in [1.165, 1.54) is 32.8 Å². The van der Waals surface area contributed by atoms with Crippen LogP contribution in [0, 0.1) is 12.8 Å². The topological polar surface area (TPSA) is 52.5 Å². The van der Waals surface area contributed by atoms with Crippen molar-refractivity contribution in [3.63, 3.8) is 0 Å². The van der Waals surface area contributed by atoms with Gasteiger partial charge in [0.05, 0.1) is 31.9 Å². The third-order valence-electron chi connectivity index (χ3n) is 6.02. The van der Waals surface area contributed by atoms with Crippen molar-refractivity contribution in [2.45, 2.75) is 51.2 Å². The third-order valence-corrected chi connectivity index (χ3v) is 6.02. The van der Waals surface area contributed by atoms with Gasteiger partial charge >= 0.3 is 5.97 Å². The molecule has 0 radical (unpaired) electrons. The van der Waals surface area contributed by atoms with Gasteiger partial charge in [0.25, 0.3) is 0 Å². The van der Waals surface area contributed by atoms with Crippen LogP contribution >= 0.6 is 0 Å². The number of fused-ring (bicyclic) bond motifs is 1. The zero-order chi connectivity index (χ0) is 18.1. The first-order valence-electron chi connectivity index (χ1n) is 9.67. The molecule has 1 saturated heterocycles. The summed E-state index contributed by atoms with van der Waals surface area (Å²) < 4.78 is 12.6. The summed E-state index contributed by atoms with van der Waals surface area (Å²) in [6, 6.07) is 9.36. The molecule has 0 bridgehead atoms. The fourth-order valence-corrected chi connectivity index (χ4v) is 4.46. The van der Waals surface area contributed by atoms with E-state index in [1.807, 2.05) is 25.1 Å². The van der Waals surface area contributed by atoms with Crippen LogP contribution in [0.3, 0.4) is 0 Å². The molecule has 2 aliphatic rings. The van der Waals surface area contributed by atoms with E-state index in [4.69, 9.17) is 9.47 Å². The van der Waals surface area contributed by atoms with Gasteiger partial charge in [0, 0.05) is 29.2 Å². The van der Waals surface area contributed by atoms with E-state index in [2.05, 4.69) is 16.0 Å². The third kappa shape index (κ3) is 3.26. The van der Waals surface area contributed by atoms with Crippen LogP contribution in [0.25, 0.3) is 10.9 Å². The SMILES string of the molecule is COC(=O)c1c(C)n(CC2CCC(NC3COC3)CC2)c2ccccc12. The van der Waals surface area contributed by atoms with Gasteiger partial charge < -0.3 is 19.4 Å². The second kappa shape index (κ2) is 7.41. The van der Waals surface area contributed by atoms with Gasteiger partial charge in [-0.1, -0.05) is 18.2 Å². The van der Waals surface area contributed by atoms with E-state index in [0.29, 0.717) is 23.6 Å². The predicted octanol–water partition coefficient (Wildman–Crippen LogP) is 3.28. The van der Waals surface area contributed by atoms with Crippen molar-refractivity contribution in [3.05, 3.63) is 35.5 Å². The number of carbonyl (C=O) groups is 1. The fourth-order valence-electron chi connectivity index (χ4n) is 4.46. The molecule has 0 atom stereocenters. The van der Waals surface area contributed by atoms with Crippen LogP contribution < -0.4 is 5.32 Å². The Morgan fingerprint density at radius 2 is 1.92 bits per heavy atom. The Bertz CT molecular complexity index is 786. The molecule has 2 aromatic rings. The minimum atomic E-state index is -0.243. The van der Waals surface area contributed by atoms with Crippen molar-refractivity contribution in [2.24, 2.45) is 5.92 Å². The van der Waals surface area contributed by atoms with Crippen molar-refractivity contribution >= 4 is 16.9 Å². The molecule has 0 spiro atoms. The number of rotatable bonds is 5. The number of nitrogens with one attached hydrogen (secondary N) is 1. The van der Waals surface area contributed by atoms with E-state index < -0.39 is 0 Å². The zero-order valence-electron chi connectivity index (χ0n) is 15.7. The number of methoxy groups -OCH3 is 1. The van der Waals surface area contributed by atoms with Crippen molar-refractivity contribution in [3.8, 4) is 0 Å². The van der Waals surface area contributed by atoms with Crippen LogP contribution in [0.2, 0.25) is 0 Å². The number of benzene rings is 1. The molecule has 5 heteroatoms. The molecule has 1 aliphatic carbocycles. The number of aromatic nitrogens is 1. The highest BCUT2D eigenvalue weighted by atomic mass is 16.5. The Hall–Kier alpha value is -1.85. The van der Waals surface area contributed by atoms with Crippen LogP contribution in [-0.2, 0) is 16.0 Å². The van der Waals surface area contributed by atoms with Gasteiger partial charge in [0.2, 0.25) is 0 Å². The molecule has 1 N–H and O–H groups in total. The molecule has 1 aliphatic heterocycles. The Morgan fingerprint density at radius 3 is 2.58 bits per heavy atom. The molecule has 1 aromatic carbocycles. The molecule has 4 rings (SSSR count). The van der Waals surface area contributed by atoms with E-state index in [1.54, 1.807) is 0 Å². The summed E-state index contributed by atoms with van der Waals surface area (Å²) >= 11 is 0. The first kappa shape index (κ1) is 17.6. The van der Waals surface area contributed by atoms with Gasteiger partial charge in [-0.15, -0.1) is 0 Å². The Morgan fingerprint density at radius 1 is 1.19 bits per heavy atom. The van der Waals surface area contributed by atoms with Crippen molar-refractivity contribution in [1.29, 1.82) is 0 Å². The lowest BCUT2D eigenvalue weighted by Crippen LogP contribution is -2.51. The lowest BCUT2D eigenvalue weighted by Gasteiger charge is -2.35. The summed E-state index contributed by atoms with van der Waals surface area (Å²) in [5.74, 6) is 0.416. The number of hydrogen-bond donors (Lipinski definition) is 1. The molecular weight excluding hydrogens is 328 g/mol. The maximum atomic E-state index is 12.3. The Labute approximate surface area is 154 Å². The highest BCUT2D eigenvalue weighted by Gasteiger charge is 2.28. The van der Waals surface area contributed by atoms with Crippen LogP contribution in [0.4, 0.5) is 0 Å². The van der Waals surface area contributed by atoms with Crippen LogP contribution in [0.5, 0.6) is 0 Å². The zero-order valence-corrected chi connectivity index (χ0v) is 15.7. The number of hydrogen-bond acceptors (Lipinski definition) is 4. The molecular formula is C21H28N2O3.